The fourth-order valence-corrected chi connectivity index (χ4v) is 3.71. The van der Waals surface area contributed by atoms with E-state index < -0.39 is 0 Å². The molecular formula is C18H17BrCl2N2. The number of hydrogen-bond donors (Lipinski definition) is 2. The maximum Gasteiger partial charge on any atom is 0.0514 e. The van der Waals surface area contributed by atoms with Crippen LogP contribution in [-0.2, 0) is 6.42 Å². The average Bonchev–Trinajstić information content (AvgIpc) is 2.85. The summed E-state index contributed by atoms with van der Waals surface area (Å²) in [6.07, 6.45) is 3.02. The molecular weight excluding hydrogens is 395 g/mol. The summed E-state index contributed by atoms with van der Waals surface area (Å²) < 4.78 is 1.07. The Morgan fingerprint density at radius 1 is 1.04 bits per heavy atom. The number of unbranched alkanes of at least 4 members (excludes halogenated alkanes) is 1. The normalized spacial score (nSPS) is 11.3. The van der Waals surface area contributed by atoms with Crippen molar-refractivity contribution < 1.29 is 0 Å². The van der Waals surface area contributed by atoms with Crippen molar-refractivity contribution >= 4 is 50.0 Å². The minimum atomic E-state index is 0.641. The van der Waals surface area contributed by atoms with Crippen molar-refractivity contribution in [3.05, 3.63) is 56.5 Å². The van der Waals surface area contributed by atoms with Crippen LogP contribution >= 0.6 is 39.1 Å². The Morgan fingerprint density at radius 3 is 2.61 bits per heavy atom. The first-order chi connectivity index (χ1) is 11.1. The zero-order valence-electron chi connectivity index (χ0n) is 12.5. The van der Waals surface area contributed by atoms with E-state index in [-0.39, 0.29) is 0 Å². The summed E-state index contributed by atoms with van der Waals surface area (Å²) in [5.41, 5.74) is 10.1. The third-order valence-corrected chi connectivity index (χ3v) is 4.99. The van der Waals surface area contributed by atoms with Crippen molar-refractivity contribution in [3.8, 4) is 11.3 Å². The highest BCUT2D eigenvalue weighted by molar-refractivity contribution is 9.10. The van der Waals surface area contributed by atoms with Gasteiger partial charge >= 0.3 is 0 Å². The van der Waals surface area contributed by atoms with E-state index in [9.17, 15) is 0 Å². The lowest BCUT2D eigenvalue weighted by Gasteiger charge is -2.07. The van der Waals surface area contributed by atoms with Gasteiger partial charge in [-0.2, -0.15) is 0 Å². The van der Waals surface area contributed by atoms with Gasteiger partial charge in [0.05, 0.1) is 10.7 Å². The molecule has 0 aliphatic carbocycles. The number of aromatic amines is 1. The first-order valence-electron chi connectivity index (χ1n) is 7.55. The molecule has 1 heterocycles. The third kappa shape index (κ3) is 3.58. The summed E-state index contributed by atoms with van der Waals surface area (Å²) >= 11 is 16.0. The second-order valence-electron chi connectivity index (χ2n) is 5.54. The molecule has 23 heavy (non-hydrogen) atoms. The van der Waals surface area contributed by atoms with Crippen LogP contribution in [0.5, 0.6) is 0 Å². The lowest BCUT2D eigenvalue weighted by molar-refractivity contribution is 0.748. The van der Waals surface area contributed by atoms with Crippen LogP contribution in [0, 0.1) is 0 Å². The van der Waals surface area contributed by atoms with E-state index >= 15 is 0 Å². The maximum absolute atomic E-state index is 6.42. The molecule has 0 fully saturated rings. The van der Waals surface area contributed by atoms with E-state index in [4.69, 9.17) is 28.9 Å². The minimum absolute atomic E-state index is 0.641. The maximum atomic E-state index is 6.42. The highest BCUT2D eigenvalue weighted by Gasteiger charge is 2.15. The Kier molecular flexibility index (Phi) is 5.32. The van der Waals surface area contributed by atoms with Gasteiger partial charge < -0.3 is 10.7 Å². The molecule has 0 aliphatic rings. The molecule has 0 spiro atoms. The number of H-pyrrole nitrogens is 1. The Hall–Kier alpha value is -1.000. The third-order valence-electron chi connectivity index (χ3n) is 3.95. The quantitative estimate of drug-likeness (QED) is 0.483. The van der Waals surface area contributed by atoms with Crippen molar-refractivity contribution in [1.29, 1.82) is 0 Å². The van der Waals surface area contributed by atoms with Gasteiger partial charge in [0.25, 0.3) is 0 Å². The average molecular weight is 412 g/mol. The van der Waals surface area contributed by atoms with Crippen molar-refractivity contribution in [2.24, 2.45) is 5.73 Å². The Labute approximate surface area is 154 Å². The van der Waals surface area contributed by atoms with Gasteiger partial charge in [-0.05, 0) is 67.8 Å². The number of aryl methyl sites for hydroxylation is 1. The van der Waals surface area contributed by atoms with Gasteiger partial charge in [-0.15, -0.1) is 0 Å². The molecule has 0 amide bonds. The van der Waals surface area contributed by atoms with Gasteiger partial charge in [0.1, 0.15) is 0 Å². The molecule has 2 aromatic carbocycles. The summed E-state index contributed by atoms with van der Waals surface area (Å²) in [6.45, 7) is 0.711. The van der Waals surface area contributed by atoms with Crippen LogP contribution in [0.4, 0.5) is 0 Å². The smallest absolute Gasteiger partial charge is 0.0514 e. The van der Waals surface area contributed by atoms with Gasteiger partial charge in [0.2, 0.25) is 0 Å². The zero-order valence-corrected chi connectivity index (χ0v) is 15.6. The highest BCUT2D eigenvalue weighted by Crippen LogP contribution is 2.37. The monoisotopic (exact) mass is 410 g/mol. The molecule has 2 nitrogen and oxygen atoms in total. The van der Waals surface area contributed by atoms with Crippen molar-refractivity contribution in [2.45, 2.75) is 19.3 Å². The number of rotatable bonds is 5. The van der Waals surface area contributed by atoms with E-state index in [0.717, 1.165) is 40.5 Å². The van der Waals surface area contributed by atoms with E-state index in [1.165, 1.54) is 10.9 Å². The predicted octanol–water partition coefficient (Wildman–Crippen LogP) is 6.19. The molecule has 0 atom stereocenters. The van der Waals surface area contributed by atoms with Crippen LogP contribution in [0.25, 0.3) is 22.2 Å². The Balaban J connectivity index is 2.16. The number of halogens is 3. The molecule has 0 unspecified atom stereocenters. The van der Waals surface area contributed by atoms with Gasteiger partial charge in [-0.3, -0.25) is 0 Å². The summed E-state index contributed by atoms with van der Waals surface area (Å²) in [6, 6.07) is 11.9. The van der Waals surface area contributed by atoms with Crippen LogP contribution in [0.1, 0.15) is 18.4 Å². The molecule has 3 N–H and O–H groups in total. The van der Waals surface area contributed by atoms with Crippen LogP contribution in [0.2, 0.25) is 10.0 Å². The molecule has 3 rings (SSSR count). The van der Waals surface area contributed by atoms with Crippen LogP contribution in [0.3, 0.4) is 0 Å². The van der Waals surface area contributed by atoms with Crippen molar-refractivity contribution in [1.82, 2.24) is 4.98 Å². The van der Waals surface area contributed by atoms with E-state index in [2.05, 4.69) is 33.0 Å². The second-order valence-corrected chi connectivity index (χ2v) is 7.30. The molecule has 3 aromatic rings. The summed E-state index contributed by atoms with van der Waals surface area (Å²) in [4.78, 5) is 3.52. The molecule has 0 bridgehead atoms. The number of nitrogens with one attached hydrogen (secondary N) is 1. The fourth-order valence-electron chi connectivity index (χ4n) is 2.85. The van der Waals surface area contributed by atoms with Crippen molar-refractivity contribution in [2.75, 3.05) is 6.54 Å². The lowest BCUT2D eigenvalue weighted by Crippen LogP contribution is -1.99. The molecule has 0 saturated heterocycles. The zero-order chi connectivity index (χ0) is 16.4. The van der Waals surface area contributed by atoms with Crippen LogP contribution in [0.15, 0.2) is 40.9 Å². The lowest BCUT2D eigenvalue weighted by atomic mass is 10.0. The summed E-state index contributed by atoms with van der Waals surface area (Å²) in [5.74, 6) is 0. The molecule has 5 heteroatoms. The predicted molar refractivity (Wildman–Crippen MR) is 103 cm³/mol. The first kappa shape index (κ1) is 16.8. The number of benzene rings is 2. The largest absolute Gasteiger partial charge is 0.354 e. The van der Waals surface area contributed by atoms with E-state index in [1.54, 1.807) is 6.07 Å². The standard InChI is InChI=1S/C18H17BrCl2N2/c19-11-4-7-17-15(9-11)13(3-1-2-8-22)18(23-17)14-6-5-12(20)10-16(14)21/h4-7,9-10,23H,1-3,8,22H2. The SMILES string of the molecule is NCCCCc1c(-c2ccc(Cl)cc2Cl)[nH]c2ccc(Br)cc12. The molecule has 0 radical (unpaired) electrons. The molecule has 120 valence electrons. The number of hydrogen-bond acceptors (Lipinski definition) is 1. The van der Waals surface area contributed by atoms with Gasteiger partial charge in [0, 0.05) is 26.0 Å². The number of aromatic nitrogens is 1. The van der Waals surface area contributed by atoms with Crippen LogP contribution < -0.4 is 5.73 Å². The highest BCUT2D eigenvalue weighted by atomic mass is 79.9. The number of nitrogens with two attached hydrogens (primary N) is 1. The van der Waals surface area contributed by atoms with Gasteiger partial charge in [-0.25, -0.2) is 0 Å². The second kappa shape index (κ2) is 7.27. The molecule has 1 aromatic heterocycles. The fraction of sp³-hybridized carbons (Fsp3) is 0.222. The summed E-state index contributed by atoms with van der Waals surface area (Å²) in [5, 5.41) is 2.52. The van der Waals surface area contributed by atoms with Gasteiger partial charge in [-0.1, -0.05) is 39.1 Å². The topological polar surface area (TPSA) is 41.8 Å². The molecule has 0 saturated carbocycles. The Bertz CT molecular complexity index is 842. The summed E-state index contributed by atoms with van der Waals surface area (Å²) in [7, 11) is 0. The van der Waals surface area contributed by atoms with Gasteiger partial charge in [0.15, 0.2) is 0 Å². The van der Waals surface area contributed by atoms with Crippen LogP contribution in [-0.4, -0.2) is 11.5 Å². The Morgan fingerprint density at radius 2 is 1.87 bits per heavy atom. The first-order valence-corrected chi connectivity index (χ1v) is 9.10. The number of fused-ring (bicyclic) bond motifs is 1. The van der Waals surface area contributed by atoms with Crippen molar-refractivity contribution in [3.63, 3.8) is 0 Å². The minimum Gasteiger partial charge on any atom is -0.354 e. The molecule has 0 aliphatic heterocycles. The van der Waals surface area contributed by atoms with E-state index in [1.807, 2.05) is 18.2 Å². The van der Waals surface area contributed by atoms with E-state index in [0.29, 0.717) is 16.6 Å².